The largest absolute Gasteiger partial charge is 0.480 e. The van der Waals surface area contributed by atoms with Gasteiger partial charge in [0.2, 0.25) is 0 Å². The van der Waals surface area contributed by atoms with Crippen LogP contribution in [0.25, 0.3) is 0 Å². The van der Waals surface area contributed by atoms with Gasteiger partial charge in [0.15, 0.2) is 0 Å². The Balaban J connectivity index is 2.33. The van der Waals surface area contributed by atoms with Crippen LogP contribution in [0.5, 0.6) is 0 Å². The molecule has 1 aromatic carbocycles. The molecule has 4 nitrogen and oxygen atoms in total. The normalized spacial score (nSPS) is 21.1. The molecule has 1 aliphatic heterocycles. The molecule has 1 atom stereocenters. The van der Waals surface area contributed by atoms with Crippen molar-refractivity contribution >= 4 is 5.97 Å². The van der Waals surface area contributed by atoms with Crippen molar-refractivity contribution in [2.75, 3.05) is 13.1 Å². The molecule has 0 bridgehead atoms. The van der Waals surface area contributed by atoms with Crippen LogP contribution in [0, 0.1) is 0 Å². The maximum atomic E-state index is 11.4. The Hall–Kier alpha value is -1.39. The van der Waals surface area contributed by atoms with Crippen LogP contribution in [0.1, 0.15) is 12.5 Å². The van der Waals surface area contributed by atoms with E-state index in [0.29, 0.717) is 13.1 Å². The number of carboxylic acids is 1. The molecule has 0 aliphatic carbocycles. The first-order valence-electron chi connectivity index (χ1n) is 5.27. The van der Waals surface area contributed by atoms with E-state index in [1.54, 1.807) is 24.0 Å². The maximum absolute atomic E-state index is 11.4. The van der Waals surface area contributed by atoms with Crippen LogP contribution in [-0.4, -0.2) is 40.3 Å². The van der Waals surface area contributed by atoms with E-state index in [1.807, 2.05) is 18.2 Å². The average molecular weight is 221 g/mol. The predicted octanol–water partition coefficient (Wildman–Crippen LogP) is 0.663. The number of rotatable bonds is 3. The average Bonchev–Trinajstić information content (AvgIpc) is 2.25. The monoisotopic (exact) mass is 221 g/mol. The summed E-state index contributed by atoms with van der Waals surface area (Å²) in [6, 6.07) is 9.12. The molecule has 0 aromatic heterocycles. The Labute approximate surface area is 94.1 Å². The number of nitrogens with zero attached hydrogens (tertiary/aromatic N) is 1. The minimum atomic E-state index is -1.04. The zero-order valence-corrected chi connectivity index (χ0v) is 9.13. The molecule has 2 rings (SSSR count). The number of aliphatic hydroxyl groups is 1. The molecule has 0 radical (unpaired) electrons. The minimum absolute atomic E-state index is 0.401. The van der Waals surface area contributed by atoms with Gasteiger partial charge in [0, 0.05) is 13.1 Å². The first-order chi connectivity index (χ1) is 7.55. The van der Waals surface area contributed by atoms with E-state index in [1.165, 1.54) is 0 Å². The second kappa shape index (κ2) is 3.88. The molecule has 1 unspecified atom stereocenters. The molecular weight excluding hydrogens is 206 g/mol. The third-order valence-corrected chi connectivity index (χ3v) is 3.25. The van der Waals surface area contributed by atoms with Crippen molar-refractivity contribution in [2.24, 2.45) is 0 Å². The lowest BCUT2D eigenvalue weighted by molar-refractivity contribution is -0.160. The summed E-state index contributed by atoms with van der Waals surface area (Å²) in [6.45, 7) is 2.51. The quantitative estimate of drug-likeness (QED) is 0.787. The van der Waals surface area contributed by atoms with Crippen LogP contribution in [0.4, 0.5) is 0 Å². The fraction of sp³-hybridized carbons (Fsp3) is 0.417. The zero-order chi connectivity index (χ0) is 11.8. The van der Waals surface area contributed by atoms with Gasteiger partial charge in [-0.15, -0.1) is 0 Å². The standard InChI is InChI=1S/C12H15NO3/c1-12(11(15)16,13-7-10(14)8-13)9-5-3-2-4-6-9/h2-6,10,14H,7-8H2,1H3,(H,15,16). The first kappa shape index (κ1) is 11.1. The smallest absolute Gasteiger partial charge is 0.328 e. The van der Waals surface area contributed by atoms with Crippen molar-refractivity contribution in [3.8, 4) is 0 Å². The van der Waals surface area contributed by atoms with E-state index in [2.05, 4.69) is 0 Å². The van der Waals surface area contributed by atoms with Crippen LogP contribution in [0.3, 0.4) is 0 Å². The van der Waals surface area contributed by atoms with E-state index in [-0.39, 0.29) is 0 Å². The Bertz CT molecular complexity index is 387. The number of carboxylic acid groups (broad SMARTS) is 1. The van der Waals surface area contributed by atoms with Gasteiger partial charge in [-0.05, 0) is 12.5 Å². The van der Waals surface area contributed by atoms with E-state index in [4.69, 9.17) is 0 Å². The van der Waals surface area contributed by atoms with Gasteiger partial charge in [0.1, 0.15) is 5.54 Å². The summed E-state index contributed by atoms with van der Waals surface area (Å²) in [4.78, 5) is 13.2. The highest BCUT2D eigenvalue weighted by molar-refractivity contribution is 5.80. The summed E-state index contributed by atoms with van der Waals surface area (Å²) in [6.07, 6.45) is -0.401. The molecule has 1 heterocycles. The molecule has 0 amide bonds. The van der Waals surface area contributed by atoms with Gasteiger partial charge in [0.25, 0.3) is 0 Å². The predicted molar refractivity (Wildman–Crippen MR) is 59.0 cm³/mol. The van der Waals surface area contributed by atoms with Crippen LogP contribution in [0.2, 0.25) is 0 Å². The van der Waals surface area contributed by atoms with Crippen molar-refractivity contribution in [2.45, 2.75) is 18.6 Å². The lowest BCUT2D eigenvalue weighted by Crippen LogP contribution is -2.62. The summed E-state index contributed by atoms with van der Waals surface area (Å²) in [5, 5.41) is 18.7. The molecule has 1 aromatic rings. The Kier molecular flexibility index (Phi) is 2.69. The van der Waals surface area contributed by atoms with Crippen molar-refractivity contribution < 1.29 is 15.0 Å². The molecule has 4 heteroatoms. The Morgan fingerprint density at radius 2 is 1.94 bits per heavy atom. The molecule has 1 fully saturated rings. The Morgan fingerprint density at radius 1 is 1.38 bits per heavy atom. The molecule has 1 saturated heterocycles. The van der Waals surface area contributed by atoms with E-state index >= 15 is 0 Å². The topological polar surface area (TPSA) is 60.8 Å². The summed E-state index contributed by atoms with van der Waals surface area (Å²) >= 11 is 0. The van der Waals surface area contributed by atoms with Crippen molar-refractivity contribution in [3.63, 3.8) is 0 Å². The summed E-state index contributed by atoms with van der Waals surface area (Å²) in [7, 11) is 0. The number of hydrogen-bond donors (Lipinski definition) is 2. The van der Waals surface area contributed by atoms with Crippen LogP contribution in [-0.2, 0) is 10.3 Å². The van der Waals surface area contributed by atoms with Crippen LogP contribution in [0.15, 0.2) is 30.3 Å². The number of aliphatic carboxylic acids is 1. The number of likely N-dealkylation sites (tertiary alicyclic amines) is 1. The van der Waals surface area contributed by atoms with E-state index in [9.17, 15) is 15.0 Å². The first-order valence-corrected chi connectivity index (χ1v) is 5.27. The van der Waals surface area contributed by atoms with Gasteiger partial charge >= 0.3 is 5.97 Å². The summed E-state index contributed by atoms with van der Waals surface area (Å²) < 4.78 is 0. The van der Waals surface area contributed by atoms with Crippen LogP contribution < -0.4 is 0 Å². The number of aliphatic hydroxyl groups excluding tert-OH is 1. The molecule has 16 heavy (non-hydrogen) atoms. The highest BCUT2D eigenvalue weighted by Gasteiger charge is 2.46. The lowest BCUT2D eigenvalue weighted by atomic mass is 9.87. The molecule has 0 spiro atoms. The fourth-order valence-corrected chi connectivity index (χ4v) is 2.02. The number of β-amino-alcohol motifs (C(OH)–C–C–N with tert-alkyl or cyclic N) is 1. The fourth-order valence-electron chi connectivity index (χ4n) is 2.02. The number of hydrogen-bond acceptors (Lipinski definition) is 3. The van der Waals surface area contributed by atoms with Gasteiger partial charge in [-0.1, -0.05) is 30.3 Å². The van der Waals surface area contributed by atoms with Gasteiger partial charge in [-0.25, -0.2) is 4.79 Å². The number of benzene rings is 1. The molecule has 2 N–H and O–H groups in total. The SMILES string of the molecule is CC(C(=O)O)(c1ccccc1)N1CC(O)C1. The third-order valence-electron chi connectivity index (χ3n) is 3.25. The maximum Gasteiger partial charge on any atom is 0.328 e. The van der Waals surface area contributed by atoms with Crippen LogP contribution >= 0.6 is 0 Å². The third kappa shape index (κ3) is 1.60. The van der Waals surface area contributed by atoms with Crippen molar-refractivity contribution in [3.05, 3.63) is 35.9 Å². The van der Waals surface area contributed by atoms with Crippen molar-refractivity contribution in [1.29, 1.82) is 0 Å². The van der Waals surface area contributed by atoms with Gasteiger partial charge in [-0.2, -0.15) is 0 Å². The second-order valence-corrected chi connectivity index (χ2v) is 4.30. The summed E-state index contributed by atoms with van der Waals surface area (Å²) in [5.41, 5.74) is -0.296. The molecule has 1 aliphatic rings. The Morgan fingerprint density at radius 3 is 2.38 bits per heavy atom. The molecule has 0 saturated carbocycles. The minimum Gasteiger partial charge on any atom is -0.480 e. The van der Waals surface area contributed by atoms with Gasteiger partial charge in [0.05, 0.1) is 6.10 Å². The van der Waals surface area contributed by atoms with E-state index in [0.717, 1.165) is 5.56 Å². The molecular formula is C12H15NO3. The summed E-state index contributed by atoms with van der Waals surface area (Å²) in [5.74, 6) is -0.884. The highest BCUT2D eigenvalue weighted by Crippen LogP contribution is 2.32. The second-order valence-electron chi connectivity index (χ2n) is 4.30. The number of carbonyl (C=O) groups is 1. The highest BCUT2D eigenvalue weighted by atomic mass is 16.4. The lowest BCUT2D eigenvalue weighted by Gasteiger charge is -2.46. The molecule has 86 valence electrons. The van der Waals surface area contributed by atoms with E-state index < -0.39 is 17.6 Å². The van der Waals surface area contributed by atoms with Gasteiger partial charge in [-0.3, -0.25) is 4.90 Å². The van der Waals surface area contributed by atoms with Crippen molar-refractivity contribution in [1.82, 2.24) is 4.90 Å². The zero-order valence-electron chi connectivity index (χ0n) is 9.13. The van der Waals surface area contributed by atoms with Gasteiger partial charge < -0.3 is 10.2 Å².